The summed E-state index contributed by atoms with van der Waals surface area (Å²) >= 11 is 0. The third-order valence-corrected chi connectivity index (χ3v) is 4.90. The summed E-state index contributed by atoms with van der Waals surface area (Å²) in [4.78, 5) is 14.4. The number of hydrogen-bond acceptors (Lipinski definition) is 4. The van der Waals surface area contributed by atoms with Crippen LogP contribution in [0.15, 0.2) is 30.3 Å². The zero-order valence-electron chi connectivity index (χ0n) is 15.9. The van der Waals surface area contributed by atoms with Crippen molar-refractivity contribution in [1.82, 2.24) is 20.0 Å². The van der Waals surface area contributed by atoms with E-state index in [1.165, 1.54) is 11.3 Å². The van der Waals surface area contributed by atoms with E-state index in [2.05, 4.69) is 33.0 Å². The lowest BCUT2D eigenvalue weighted by molar-refractivity contribution is -0.122. The monoisotopic (exact) mass is 356 g/mol. The summed E-state index contributed by atoms with van der Waals surface area (Å²) in [5, 5.41) is 7.60. The fraction of sp³-hybridized carbons (Fsp3) is 0.500. The van der Waals surface area contributed by atoms with Crippen LogP contribution in [-0.4, -0.2) is 53.9 Å². The number of ether oxygens (including phenoxy) is 1. The quantitative estimate of drug-likeness (QED) is 0.826. The maximum Gasteiger partial charge on any atom is 0.234 e. The molecule has 6 nitrogen and oxygen atoms in total. The van der Waals surface area contributed by atoms with Crippen LogP contribution in [0.1, 0.15) is 29.4 Å². The molecule has 1 aromatic heterocycles. The molecule has 0 saturated carbocycles. The van der Waals surface area contributed by atoms with Crippen molar-refractivity contribution >= 4 is 5.91 Å². The minimum Gasteiger partial charge on any atom is -0.497 e. The fourth-order valence-electron chi connectivity index (χ4n) is 3.57. The predicted molar refractivity (Wildman–Crippen MR) is 102 cm³/mol. The molecule has 1 aliphatic heterocycles. The SMILES string of the molecule is COc1ccc(CCNC(=O)CN2CC[C@@H](n3nc(C)cc3C)C2)cc1. The Morgan fingerprint density at radius 3 is 2.73 bits per heavy atom. The molecule has 0 bridgehead atoms. The van der Waals surface area contributed by atoms with E-state index < -0.39 is 0 Å². The summed E-state index contributed by atoms with van der Waals surface area (Å²) in [6.45, 7) is 7.04. The third kappa shape index (κ3) is 4.64. The van der Waals surface area contributed by atoms with Gasteiger partial charge in [-0.25, -0.2) is 0 Å². The van der Waals surface area contributed by atoms with Crippen molar-refractivity contribution in [2.75, 3.05) is 33.3 Å². The van der Waals surface area contributed by atoms with Crippen molar-refractivity contribution in [3.63, 3.8) is 0 Å². The summed E-state index contributed by atoms with van der Waals surface area (Å²) < 4.78 is 7.26. The topological polar surface area (TPSA) is 59.4 Å². The zero-order valence-corrected chi connectivity index (χ0v) is 15.9. The first-order valence-corrected chi connectivity index (χ1v) is 9.20. The predicted octanol–water partition coefficient (Wildman–Crippen LogP) is 2.11. The molecule has 0 radical (unpaired) electrons. The van der Waals surface area contributed by atoms with E-state index >= 15 is 0 Å². The number of benzene rings is 1. The van der Waals surface area contributed by atoms with Crippen LogP contribution in [-0.2, 0) is 11.2 Å². The molecule has 1 aliphatic rings. The van der Waals surface area contributed by atoms with Crippen molar-refractivity contribution in [1.29, 1.82) is 0 Å². The molecule has 0 unspecified atom stereocenters. The minimum atomic E-state index is 0.0903. The van der Waals surface area contributed by atoms with Crippen LogP contribution in [0.5, 0.6) is 5.75 Å². The normalized spacial score (nSPS) is 17.4. The van der Waals surface area contributed by atoms with E-state index in [-0.39, 0.29) is 5.91 Å². The molecule has 26 heavy (non-hydrogen) atoms. The highest BCUT2D eigenvalue weighted by Gasteiger charge is 2.26. The maximum absolute atomic E-state index is 12.2. The van der Waals surface area contributed by atoms with Gasteiger partial charge in [-0.3, -0.25) is 14.4 Å². The van der Waals surface area contributed by atoms with Crippen molar-refractivity contribution in [2.45, 2.75) is 32.7 Å². The smallest absolute Gasteiger partial charge is 0.234 e. The molecule has 2 aromatic rings. The van der Waals surface area contributed by atoms with Gasteiger partial charge >= 0.3 is 0 Å². The molecular formula is C20H28N4O2. The summed E-state index contributed by atoms with van der Waals surface area (Å²) in [5.41, 5.74) is 3.44. The second kappa shape index (κ2) is 8.36. The number of carbonyl (C=O) groups is 1. The molecule has 0 aliphatic carbocycles. The number of nitrogens with one attached hydrogen (secondary N) is 1. The first-order valence-electron chi connectivity index (χ1n) is 9.20. The van der Waals surface area contributed by atoms with E-state index in [0.717, 1.165) is 37.4 Å². The van der Waals surface area contributed by atoms with Gasteiger partial charge in [-0.15, -0.1) is 0 Å². The molecule has 1 fully saturated rings. The molecule has 2 heterocycles. The molecule has 1 saturated heterocycles. The molecule has 3 rings (SSSR count). The summed E-state index contributed by atoms with van der Waals surface area (Å²) in [7, 11) is 1.66. The maximum atomic E-state index is 12.2. The molecule has 1 atom stereocenters. The summed E-state index contributed by atoms with van der Waals surface area (Å²) in [6.07, 6.45) is 1.87. The van der Waals surface area contributed by atoms with Crippen LogP contribution in [0.4, 0.5) is 0 Å². The van der Waals surface area contributed by atoms with Gasteiger partial charge in [0.25, 0.3) is 0 Å². The Morgan fingerprint density at radius 2 is 2.08 bits per heavy atom. The van der Waals surface area contributed by atoms with Crippen LogP contribution < -0.4 is 10.1 Å². The Bertz CT molecular complexity index is 739. The largest absolute Gasteiger partial charge is 0.497 e. The molecule has 1 N–H and O–H groups in total. The van der Waals surface area contributed by atoms with Gasteiger partial charge in [0.15, 0.2) is 0 Å². The first kappa shape index (κ1) is 18.5. The first-order chi connectivity index (χ1) is 12.5. The van der Waals surface area contributed by atoms with Gasteiger partial charge in [-0.2, -0.15) is 5.10 Å². The van der Waals surface area contributed by atoms with Crippen molar-refractivity contribution in [3.05, 3.63) is 47.3 Å². The van der Waals surface area contributed by atoms with Gasteiger partial charge in [0.1, 0.15) is 5.75 Å². The Balaban J connectivity index is 1.40. The second-order valence-corrected chi connectivity index (χ2v) is 7.00. The molecule has 0 spiro atoms. The number of methoxy groups -OCH3 is 1. The third-order valence-electron chi connectivity index (χ3n) is 4.90. The number of aromatic nitrogens is 2. The Hall–Kier alpha value is -2.34. The standard InChI is InChI=1S/C20H28N4O2/c1-15-12-16(2)24(22-15)18-9-11-23(13-18)14-20(25)21-10-8-17-4-6-19(26-3)7-5-17/h4-7,12,18H,8-11,13-14H2,1-3H3,(H,21,25)/t18-/m1/s1. The van der Waals surface area contributed by atoms with Crippen molar-refractivity contribution < 1.29 is 9.53 Å². The van der Waals surface area contributed by atoms with Gasteiger partial charge < -0.3 is 10.1 Å². The van der Waals surface area contributed by atoms with Gasteiger partial charge in [0, 0.05) is 25.3 Å². The van der Waals surface area contributed by atoms with E-state index in [4.69, 9.17) is 4.74 Å². The molecular weight excluding hydrogens is 328 g/mol. The Kier molecular flexibility index (Phi) is 5.93. The highest BCUT2D eigenvalue weighted by atomic mass is 16.5. The number of rotatable bonds is 7. The Labute approximate surface area is 155 Å². The van der Waals surface area contributed by atoms with Crippen molar-refractivity contribution in [2.24, 2.45) is 0 Å². The average molecular weight is 356 g/mol. The number of amides is 1. The number of likely N-dealkylation sites (tertiary alicyclic amines) is 1. The van der Waals surface area contributed by atoms with Gasteiger partial charge in [0.2, 0.25) is 5.91 Å². The van der Waals surface area contributed by atoms with Crippen LogP contribution in [0.3, 0.4) is 0 Å². The van der Waals surface area contributed by atoms with E-state index in [0.29, 0.717) is 19.1 Å². The van der Waals surface area contributed by atoms with Crippen LogP contribution >= 0.6 is 0 Å². The highest BCUT2D eigenvalue weighted by molar-refractivity contribution is 5.78. The molecule has 1 aromatic carbocycles. The summed E-state index contributed by atoms with van der Waals surface area (Å²) in [6, 6.07) is 10.4. The lowest BCUT2D eigenvalue weighted by Gasteiger charge is -2.16. The van der Waals surface area contributed by atoms with Crippen LogP contribution in [0, 0.1) is 13.8 Å². The van der Waals surface area contributed by atoms with Gasteiger partial charge in [0.05, 0.1) is 25.4 Å². The summed E-state index contributed by atoms with van der Waals surface area (Å²) in [5.74, 6) is 0.941. The molecule has 1 amide bonds. The highest BCUT2D eigenvalue weighted by Crippen LogP contribution is 2.22. The lowest BCUT2D eigenvalue weighted by Crippen LogP contribution is -2.37. The number of aryl methyl sites for hydroxylation is 2. The lowest BCUT2D eigenvalue weighted by atomic mass is 10.1. The minimum absolute atomic E-state index is 0.0903. The van der Waals surface area contributed by atoms with Crippen LogP contribution in [0.2, 0.25) is 0 Å². The Morgan fingerprint density at radius 1 is 1.31 bits per heavy atom. The number of carbonyl (C=O) groups excluding carboxylic acids is 1. The van der Waals surface area contributed by atoms with E-state index in [1.54, 1.807) is 7.11 Å². The second-order valence-electron chi connectivity index (χ2n) is 7.00. The van der Waals surface area contributed by atoms with E-state index in [9.17, 15) is 4.79 Å². The fourth-order valence-corrected chi connectivity index (χ4v) is 3.57. The average Bonchev–Trinajstić information content (AvgIpc) is 3.21. The van der Waals surface area contributed by atoms with Gasteiger partial charge in [-0.05, 0) is 50.5 Å². The van der Waals surface area contributed by atoms with Crippen LogP contribution in [0.25, 0.3) is 0 Å². The van der Waals surface area contributed by atoms with Gasteiger partial charge in [-0.1, -0.05) is 12.1 Å². The molecule has 6 heteroatoms. The van der Waals surface area contributed by atoms with E-state index in [1.807, 2.05) is 31.2 Å². The number of hydrogen-bond donors (Lipinski definition) is 1. The number of nitrogens with zero attached hydrogens (tertiary/aromatic N) is 3. The van der Waals surface area contributed by atoms with Crippen molar-refractivity contribution in [3.8, 4) is 5.75 Å². The molecule has 140 valence electrons. The zero-order chi connectivity index (χ0) is 18.5.